The summed E-state index contributed by atoms with van der Waals surface area (Å²) in [4.78, 5) is 24.5. The molecule has 0 atom stereocenters. The predicted octanol–water partition coefficient (Wildman–Crippen LogP) is 2.35. The third kappa shape index (κ3) is 2.00. The molecule has 2 rings (SSSR count). The molecule has 0 spiro atoms. The lowest BCUT2D eigenvalue weighted by atomic mass is 10.2. The van der Waals surface area contributed by atoms with Crippen molar-refractivity contribution in [2.45, 2.75) is 12.8 Å². The molecule has 0 saturated carbocycles. The smallest absolute Gasteiger partial charge is 0.260 e. The maximum atomic E-state index is 13.0. The van der Waals surface area contributed by atoms with E-state index < -0.39 is 5.82 Å². The number of likely N-dealkylation sites (tertiary alicyclic amines) is 1. The van der Waals surface area contributed by atoms with Crippen LogP contribution in [-0.4, -0.2) is 23.3 Å². The van der Waals surface area contributed by atoms with E-state index in [0.29, 0.717) is 24.9 Å². The van der Waals surface area contributed by atoms with Gasteiger partial charge in [0.2, 0.25) is 5.91 Å². The first-order valence-electron chi connectivity index (χ1n) is 4.89. The minimum Gasteiger partial charge on any atom is -0.279 e. The van der Waals surface area contributed by atoms with Gasteiger partial charge in [0.1, 0.15) is 5.82 Å². The molecule has 16 heavy (non-hydrogen) atoms. The minimum absolute atomic E-state index is 0.162. The van der Waals surface area contributed by atoms with Crippen molar-refractivity contribution in [3.63, 3.8) is 0 Å². The van der Waals surface area contributed by atoms with Gasteiger partial charge in [-0.15, -0.1) is 0 Å². The lowest BCUT2D eigenvalue weighted by molar-refractivity contribution is -0.125. The quantitative estimate of drug-likeness (QED) is 0.743. The average molecular weight is 286 g/mol. The van der Waals surface area contributed by atoms with E-state index in [9.17, 15) is 14.0 Å². The van der Waals surface area contributed by atoms with Crippen LogP contribution in [0.4, 0.5) is 4.39 Å². The number of hydrogen-bond acceptors (Lipinski definition) is 2. The molecule has 1 aromatic carbocycles. The zero-order valence-electron chi connectivity index (χ0n) is 8.37. The highest BCUT2D eigenvalue weighted by atomic mass is 79.9. The average Bonchev–Trinajstić information content (AvgIpc) is 2.67. The molecule has 0 N–H and O–H groups in total. The molecule has 84 valence electrons. The summed E-state index contributed by atoms with van der Waals surface area (Å²) in [5.74, 6) is -0.946. The first kappa shape index (κ1) is 11.3. The summed E-state index contributed by atoms with van der Waals surface area (Å²) in [6, 6.07) is 3.98. The van der Waals surface area contributed by atoms with Gasteiger partial charge in [0.05, 0.1) is 4.47 Å². The van der Waals surface area contributed by atoms with Crippen LogP contribution in [0, 0.1) is 5.82 Å². The van der Waals surface area contributed by atoms with Gasteiger partial charge in [-0.2, -0.15) is 0 Å². The third-order valence-corrected chi connectivity index (χ3v) is 3.09. The van der Waals surface area contributed by atoms with Crippen LogP contribution in [0.25, 0.3) is 0 Å². The Hall–Kier alpha value is -1.23. The molecule has 1 aliphatic heterocycles. The molecule has 2 amide bonds. The van der Waals surface area contributed by atoms with Crippen molar-refractivity contribution in [2.75, 3.05) is 6.54 Å². The van der Waals surface area contributed by atoms with Crippen molar-refractivity contribution >= 4 is 27.7 Å². The van der Waals surface area contributed by atoms with Crippen molar-refractivity contribution in [3.05, 3.63) is 34.1 Å². The molecule has 1 heterocycles. The number of hydrogen-bond donors (Lipinski definition) is 0. The number of amides is 2. The van der Waals surface area contributed by atoms with Crippen molar-refractivity contribution in [2.24, 2.45) is 0 Å². The number of rotatable bonds is 1. The molecule has 0 aliphatic carbocycles. The first-order valence-corrected chi connectivity index (χ1v) is 5.68. The Labute approximate surface area is 100 Å². The topological polar surface area (TPSA) is 37.4 Å². The van der Waals surface area contributed by atoms with E-state index in [-0.39, 0.29) is 16.3 Å². The molecule has 1 aromatic rings. The van der Waals surface area contributed by atoms with Crippen LogP contribution in [0.15, 0.2) is 22.7 Å². The zero-order valence-corrected chi connectivity index (χ0v) is 9.96. The molecule has 0 radical (unpaired) electrons. The van der Waals surface area contributed by atoms with Gasteiger partial charge in [0.25, 0.3) is 5.91 Å². The maximum Gasteiger partial charge on any atom is 0.260 e. The van der Waals surface area contributed by atoms with Crippen LogP contribution in [0.2, 0.25) is 0 Å². The van der Waals surface area contributed by atoms with Gasteiger partial charge in [-0.25, -0.2) is 4.39 Å². The van der Waals surface area contributed by atoms with Gasteiger partial charge >= 0.3 is 0 Å². The molecule has 5 heteroatoms. The second-order valence-electron chi connectivity index (χ2n) is 3.58. The van der Waals surface area contributed by atoms with Gasteiger partial charge in [0, 0.05) is 18.5 Å². The van der Waals surface area contributed by atoms with Crippen LogP contribution in [0.5, 0.6) is 0 Å². The fourth-order valence-electron chi connectivity index (χ4n) is 1.65. The van der Waals surface area contributed by atoms with Crippen molar-refractivity contribution in [1.29, 1.82) is 0 Å². The first-order chi connectivity index (χ1) is 7.59. The minimum atomic E-state index is -0.427. The lowest BCUT2D eigenvalue weighted by Gasteiger charge is -2.13. The van der Waals surface area contributed by atoms with Crippen LogP contribution >= 0.6 is 15.9 Å². The second kappa shape index (κ2) is 4.33. The van der Waals surface area contributed by atoms with Gasteiger partial charge in [-0.05, 0) is 40.5 Å². The normalized spacial score (nSPS) is 15.6. The fraction of sp³-hybridized carbons (Fsp3) is 0.273. The van der Waals surface area contributed by atoms with Crippen LogP contribution in [0.1, 0.15) is 23.2 Å². The SMILES string of the molecule is O=C1CCCN1C(=O)c1ccc(F)c(Br)c1. The Kier molecular flexibility index (Phi) is 3.05. The molecule has 1 fully saturated rings. The Morgan fingerprint density at radius 1 is 1.44 bits per heavy atom. The summed E-state index contributed by atoms with van der Waals surface area (Å²) in [5.41, 5.74) is 0.323. The summed E-state index contributed by atoms with van der Waals surface area (Å²) in [6.07, 6.45) is 1.11. The van der Waals surface area contributed by atoms with Crippen molar-refractivity contribution in [3.8, 4) is 0 Å². The molecule has 3 nitrogen and oxygen atoms in total. The Morgan fingerprint density at radius 2 is 2.19 bits per heavy atom. The zero-order chi connectivity index (χ0) is 11.7. The lowest BCUT2D eigenvalue weighted by Crippen LogP contribution is -2.31. The van der Waals surface area contributed by atoms with Crippen LogP contribution in [0.3, 0.4) is 0 Å². The van der Waals surface area contributed by atoms with E-state index in [1.165, 1.54) is 23.1 Å². The van der Waals surface area contributed by atoms with Crippen molar-refractivity contribution in [1.82, 2.24) is 4.90 Å². The van der Waals surface area contributed by atoms with Crippen LogP contribution < -0.4 is 0 Å². The predicted molar refractivity (Wildman–Crippen MR) is 59.4 cm³/mol. The molecule has 0 aromatic heterocycles. The number of nitrogens with zero attached hydrogens (tertiary/aromatic N) is 1. The van der Waals surface area contributed by atoms with E-state index >= 15 is 0 Å². The summed E-state index contributed by atoms with van der Waals surface area (Å²) < 4.78 is 13.2. The monoisotopic (exact) mass is 285 g/mol. The Morgan fingerprint density at radius 3 is 2.75 bits per heavy atom. The van der Waals surface area contributed by atoms with Crippen molar-refractivity contribution < 1.29 is 14.0 Å². The summed E-state index contributed by atoms with van der Waals surface area (Å²) in [7, 11) is 0. The highest BCUT2D eigenvalue weighted by molar-refractivity contribution is 9.10. The van der Waals surface area contributed by atoms with E-state index in [0.717, 1.165) is 0 Å². The third-order valence-electron chi connectivity index (χ3n) is 2.49. The number of halogens is 2. The standard InChI is InChI=1S/C11H9BrFNO2/c12-8-6-7(3-4-9(8)13)11(16)14-5-1-2-10(14)15/h3-4,6H,1-2,5H2. The molecule has 0 unspecified atom stereocenters. The number of imide groups is 1. The maximum absolute atomic E-state index is 13.0. The summed E-state index contributed by atoms with van der Waals surface area (Å²) in [6.45, 7) is 0.451. The van der Waals surface area contributed by atoms with Gasteiger partial charge in [0.15, 0.2) is 0 Å². The highest BCUT2D eigenvalue weighted by Crippen LogP contribution is 2.20. The highest BCUT2D eigenvalue weighted by Gasteiger charge is 2.27. The molecule has 1 aliphatic rings. The molecular formula is C11H9BrFNO2. The Balaban J connectivity index is 2.27. The second-order valence-corrected chi connectivity index (χ2v) is 4.44. The van der Waals surface area contributed by atoms with E-state index in [4.69, 9.17) is 0 Å². The summed E-state index contributed by atoms with van der Waals surface area (Å²) >= 11 is 3.01. The van der Waals surface area contributed by atoms with E-state index in [2.05, 4.69) is 15.9 Å². The number of carbonyl (C=O) groups is 2. The number of carbonyl (C=O) groups excluding carboxylic acids is 2. The van der Waals surface area contributed by atoms with Gasteiger partial charge in [-0.3, -0.25) is 14.5 Å². The van der Waals surface area contributed by atoms with E-state index in [1.807, 2.05) is 0 Å². The molecule has 0 bridgehead atoms. The van der Waals surface area contributed by atoms with E-state index in [1.54, 1.807) is 0 Å². The summed E-state index contributed by atoms with van der Waals surface area (Å²) in [5, 5.41) is 0. The Bertz CT molecular complexity index is 461. The van der Waals surface area contributed by atoms with Gasteiger partial charge < -0.3 is 0 Å². The molecular weight excluding hydrogens is 277 g/mol. The largest absolute Gasteiger partial charge is 0.279 e. The van der Waals surface area contributed by atoms with Gasteiger partial charge in [-0.1, -0.05) is 0 Å². The number of benzene rings is 1. The van der Waals surface area contributed by atoms with Crippen LogP contribution in [-0.2, 0) is 4.79 Å². The fourth-order valence-corrected chi connectivity index (χ4v) is 2.03. The molecule has 1 saturated heterocycles.